The molecule has 1 aromatic rings. The lowest BCUT2D eigenvalue weighted by atomic mass is 10.0. The largest absolute Gasteiger partial charge is 0.305 e. The van der Waals surface area contributed by atoms with Gasteiger partial charge in [-0.15, -0.1) is 0 Å². The van der Waals surface area contributed by atoms with Crippen LogP contribution in [0.4, 0.5) is 0 Å². The summed E-state index contributed by atoms with van der Waals surface area (Å²) in [5.41, 5.74) is 2.36. The molecule has 12 heavy (non-hydrogen) atoms. The van der Waals surface area contributed by atoms with Crippen molar-refractivity contribution in [3.05, 3.63) is 46.8 Å². The van der Waals surface area contributed by atoms with E-state index in [1.165, 1.54) is 11.1 Å². The van der Waals surface area contributed by atoms with Gasteiger partial charge in [-0.25, -0.2) is 6.57 Å². The van der Waals surface area contributed by atoms with E-state index >= 15 is 0 Å². The van der Waals surface area contributed by atoms with Gasteiger partial charge in [-0.2, -0.15) is 0 Å². The van der Waals surface area contributed by atoms with Crippen molar-refractivity contribution in [2.45, 2.75) is 25.3 Å². The molecule has 1 aliphatic rings. The third-order valence-electron chi connectivity index (χ3n) is 2.58. The molecule has 0 aliphatic heterocycles. The Bertz CT molecular complexity index is 342. The molecule has 0 N–H and O–H groups in total. The summed E-state index contributed by atoms with van der Waals surface area (Å²) in [6.45, 7) is 9.21. The summed E-state index contributed by atoms with van der Waals surface area (Å²) in [6, 6.07) is 8.22. The number of aryl methyl sites for hydroxylation is 1. The molecule has 2 rings (SSSR count). The standard InChI is InChI=1S/C11H11N/c1-9-5-3-4-6-10(9)11(12-2)7-8-11/h3-6H,7-8H2,1H3. The molecule has 1 heteroatoms. The number of hydrogen-bond donors (Lipinski definition) is 0. The average Bonchev–Trinajstić information content (AvgIpc) is 2.86. The summed E-state index contributed by atoms with van der Waals surface area (Å²) < 4.78 is 0. The molecule has 1 saturated carbocycles. The number of nitrogens with zero attached hydrogens (tertiary/aromatic N) is 1. The SMILES string of the molecule is [C-]#[N+]C1(c2ccccc2C)CC1. The zero-order valence-electron chi connectivity index (χ0n) is 7.17. The van der Waals surface area contributed by atoms with Crippen molar-refractivity contribution in [1.29, 1.82) is 0 Å². The maximum absolute atomic E-state index is 7.13. The molecule has 0 atom stereocenters. The molecule has 1 fully saturated rings. The van der Waals surface area contributed by atoms with Crippen LogP contribution in [-0.4, -0.2) is 0 Å². The molecular formula is C11H11N. The van der Waals surface area contributed by atoms with Crippen molar-refractivity contribution in [1.82, 2.24) is 0 Å². The lowest BCUT2D eigenvalue weighted by Gasteiger charge is -2.05. The summed E-state index contributed by atoms with van der Waals surface area (Å²) in [7, 11) is 0. The molecule has 0 spiro atoms. The fourth-order valence-electron chi connectivity index (χ4n) is 1.65. The minimum absolute atomic E-state index is 0.134. The van der Waals surface area contributed by atoms with Crippen LogP contribution < -0.4 is 0 Å². The Morgan fingerprint density at radius 1 is 1.33 bits per heavy atom. The lowest BCUT2D eigenvalue weighted by molar-refractivity contribution is 0.872. The highest BCUT2D eigenvalue weighted by Crippen LogP contribution is 2.50. The van der Waals surface area contributed by atoms with Gasteiger partial charge in [0, 0.05) is 18.4 Å². The van der Waals surface area contributed by atoms with Crippen LogP contribution >= 0.6 is 0 Å². The van der Waals surface area contributed by atoms with E-state index in [2.05, 4.69) is 23.9 Å². The predicted octanol–water partition coefficient (Wildman–Crippen LogP) is 2.90. The first-order chi connectivity index (χ1) is 5.78. The van der Waals surface area contributed by atoms with E-state index in [0.717, 1.165) is 12.8 Å². The van der Waals surface area contributed by atoms with Gasteiger partial charge in [-0.3, -0.25) is 0 Å². The highest BCUT2D eigenvalue weighted by Gasteiger charge is 2.53. The summed E-state index contributed by atoms with van der Waals surface area (Å²) in [4.78, 5) is 3.71. The van der Waals surface area contributed by atoms with E-state index in [0.29, 0.717) is 0 Å². The molecule has 0 heterocycles. The Balaban J connectivity index is 2.48. The Morgan fingerprint density at radius 2 is 2.00 bits per heavy atom. The van der Waals surface area contributed by atoms with Gasteiger partial charge in [0.2, 0.25) is 0 Å². The summed E-state index contributed by atoms with van der Waals surface area (Å²) >= 11 is 0. The number of hydrogen-bond acceptors (Lipinski definition) is 0. The first-order valence-electron chi connectivity index (χ1n) is 4.23. The molecule has 0 radical (unpaired) electrons. The van der Waals surface area contributed by atoms with Crippen LogP contribution in [0.3, 0.4) is 0 Å². The normalized spacial score (nSPS) is 18.3. The summed E-state index contributed by atoms with van der Waals surface area (Å²) in [5, 5.41) is 0. The van der Waals surface area contributed by atoms with Crippen LogP contribution in [0.2, 0.25) is 0 Å². The zero-order chi connectivity index (χ0) is 8.60. The van der Waals surface area contributed by atoms with Gasteiger partial charge in [-0.1, -0.05) is 24.3 Å². The smallest absolute Gasteiger partial charge is 0.258 e. The van der Waals surface area contributed by atoms with Crippen molar-refractivity contribution in [3.63, 3.8) is 0 Å². The maximum Gasteiger partial charge on any atom is 0.258 e. The molecule has 0 unspecified atom stereocenters. The van der Waals surface area contributed by atoms with Crippen LogP contribution in [0, 0.1) is 13.5 Å². The molecule has 1 aromatic carbocycles. The molecular weight excluding hydrogens is 146 g/mol. The maximum atomic E-state index is 7.13. The second-order valence-corrected chi connectivity index (χ2v) is 3.46. The van der Waals surface area contributed by atoms with Gasteiger partial charge in [0.15, 0.2) is 0 Å². The third kappa shape index (κ3) is 0.921. The fraction of sp³-hybridized carbons (Fsp3) is 0.364. The van der Waals surface area contributed by atoms with Gasteiger partial charge in [0.25, 0.3) is 5.54 Å². The Kier molecular flexibility index (Phi) is 1.44. The highest BCUT2D eigenvalue weighted by molar-refractivity contribution is 5.39. The van der Waals surface area contributed by atoms with E-state index in [4.69, 9.17) is 6.57 Å². The van der Waals surface area contributed by atoms with E-state index in [-0.39, 0.29) is 5.54 Å². The third-order valence-corrected chi connectivity index (χ3v) is 2.58. The van der Waals surface area contributed by atoms with Crippen molar-refractivity contribution < 1.29 is 0 Å². The van der Waals surface area contributed by atoms with E-state index in [1.54, 1.807) is 0 Å². The van der Waals surface area contributed by atoms with Gasteiger partial charge < -0.3 is 4.85 Å². The van der Waals surface area contributed by atoms with Crippen LogP contribution in [0.15, 0.2) is 24.3 Å². The van der Waals surface area contributed by atoms with Gasteiger partial charge in [0.1, 0.15) is 0 Å². The Morgan fingerprint density at radius 3 is 2.50 bits per heavy atom. The van der Waals surface area contributed by atoms with E-state index in [9.17, 15) is 0 Å². The van der Waals surface area contributed by atoms with Gasteiger partial charge >= 0.3 is 0 Å². The van der Waals surface area contributed by atoms with Gasteiger partial charge in [-0.05, 0) is 12.5 Å². The molecule has 0 amide bonds. The molecule has 0 saturated heterocycles. The van der Waals surface area contributed by atoms with Crippen LogP contribution in [-0.2, 0) is 5.54 Å². The first kappa shape index (κ1) is 7.36. The molecule has 60 valence electrons. The van der Waals surface area contributed by atoms with Crippen LogP contribution in [0.1, 0.15) is 24.0 Å². The topological polar surface area (TPSA) is 4.36 Å². The first-order valence-corrected chi connectivity index (χ1v) is 4.23. The number of benzene rings is 1. The molecule has 1 aliphatic carbocycles. The highest BCUT2D eigenvalue weighted by atomic mass is 14.9. The van der Waals surface area contributed by atoms with Crippen LogP contribution in [0.5, 0.6) is 0 Å². The van der Waals surface area contributed by atoms with Crippen molar-refractivity contribution in [3.8, 4) is 0 Å². The van der Waals surface area contributed by atoms with E-state index < -0.39 is 0 Å². The van der Waals surface area contributed by atoms with Crippen molar-refractivity contribution >= 4 is 0 Å². The molecule has 1 nitrogen and oxygen atoms in total. The Labute approximate surface area is 72.9 Å². The molecule has 0 bridgehead atoms. The Hall–Kier alpha value is -1.29. The fourth-order valence-corrected chi connectivity index (χ4v) is 1.65. The van der Waals surface area contributed by atoms with Crippen molar-refractivity contribution in [2.24, 2.45) is 0 Å². The predicted molar refractivity (Wildman–Crippen MR) is 48.7 cm³/mol. The summed E-state index contributed by atoms with van der Waals surface area (Å²) in [6.07, 6.45) is 2.09. The number of rotatable bonds is 1. The lowest BCUT2D eigenvalue weighted by Crippen LogP contribution is -2.01. The quantitative estimate of drug-likeness (QED) is 0.552. The minimum Gasteiger partial charge on any atom is -0.305 e. The van der Waals surface area contributed by atoms with Gasteiger partial charge in [0.05, 0.1) is 0 Å². The second kappa shape index (κ2) is 2.35. The minimum atomic E-state index is -0.134. The second-order valence-electron chi connectivity index (χ2n) is 3.46. The zero-order valence-corrected chi connectivity index (χ0v) is 7.17. The average molecular weight is 157 g/mol. The van der Waals surface area contributed by atoms with Crippen LogP contribution in [0.25, 0.3) is 4.85 Å². The summed E-state index contributed by atoms with van der Waals surface area (Å²) in [5.74, 6) is 0. The van der Waals surface area contributed by atoms with E-state index in [1.807, 2.05) is 12.1 Å². The van der Waals surface area contributed by atoms with Crippen molar-refractivity contribution in [2.75, 3.05) is 0 Å². The monoisotopic (exact) mass is 157 g/mol. The molecule has 0 aromatic heterocycles.